The van der Waals surface area contributed by atoms with Crippen LogP contribution >= 0.6 is 11.6 Å². The van der Waals surface area contributed by atoms with Crippen LogP contribution in [0.3, 0.4) is 0 Å². The van der Waals surface area contributed by atoms with Gasteiger partial charge in [0.15, 0.2) is 0 Å². The van der Waals surface area contributed by atoms with Gasteiger partial charge >= 0.3 is 0 Å². The SMILES string of the molecule is Cn1ccc2ccn(CCNC(=O)c3c[nH]c(=O)c(Cl)c3)c(=O)c21. The molecule has 0 fully saturated rings. The van der Waals surface area contributed by atoms with Gasteiger partial charge in [-0.25, -0.2) is 0 Å². The number of aryl methyl sites for hydroxylation is 1. The zero-order valence-corrected chi connectivity index (χ0v) is 13.6. The van der Waals surface area contributed by atoms with Crippen LogP contribution in [-0.2, 0) is 13.6 Å². The second-order valence-electron chi connectivity index (χ2n) is 5.37. The van der Waals surface area contributed by atoms with Crippen LogP contribution in [0.15, 0.2) is 46.4 Å². The van der Waals surface area contributed by atoms with Crippen molar-refractivity contribution in [2.75, 3.05) is 6.54 Å². The quantitative estimate of drug-likeness (QED) is 0.741. The molecule has 0 radical (unpaired) electrons. The molecule has 2 N–H and O–H groups in total. The number of aromatic amines is 1. The molecule has 8 heteroatoms. The van der Waals surface area contributed by atoms with Crippen molar-refractivity contribution in [1.82, 2.24) is 19.4 Å². The van der Waals surface area contributed by atoms with Crippen LogP contribution in [0, 0.1) is 0 Å². The molecule has 0 bridgehead atoms. The van der Waals surface area contributed by atoms with Gasteiger partial charge in [-0.1, -0.05) is 11.6 Å². The van der Waals surface area contributed by atoms with Crippen molar-refractivity contribution in [2.45, 2.75) is 6.54 Å². The Balaban J connectivity index is 1.70. The van der Waals surface area contributed by atoms with Gasteiger partial charge in [-0.3, -0.25) is 14.4 Å². The Labute approximate surface area is 141 Å². The smallest absolute Gasteiger partial charge is 0.275 e. The van der Waals surface area contributed by atoms with Crippen LogP contribution in [-0.4, -0.2) is 26.6 Å². The lowest BCUT2D eigenvalue weighted by atomic mass is 10.2. The van der Waals surface area contributed by atoms with E-state index in [-0.39, 0.29) is 28.6 Å². The lowest BCUT2D eigenvalue weighted by Gasteiger charge is -2.08. The molecule has 0 aromatic carbocycles. The molecule has 124 valence electrons. The number of carbonyl (C=O) groups is 1. The molecule has 24 heavy (non-hydrogen) atoms. The van der Waals surface area contributed by atoms with Crippen LogP contribution in [0.5, 0.6) is 0 Å². The van der Waals surface area contributed by atoms with E-state index in [0.717, 1.165) is 5.39 Å². The highest BCUT2D eigenvalue weighted by Gasteiger charge is 2.09. The van der Waals surface area contributed by atoms with Gasteiger partial charge in [0.05, 0.1) is 5.56 Å². The zero-order chi connectivity index (χ0) is 17.3. The van der Waals surface area contributed by atoms with Gasteiger partial charge in [0.1, 0.15) is 10.5 Å². The van der Waals surface area contributed by atoms with Crippen molar-refractivity contribution < 1.29 is 4.79 Å². The summed E-state index contributed by atoms with van der Waals surface area (Å²) in [6, 6.07) is 5.04. The monoisotopic (exact) mass is 346 g/mol. The zero-order valence-electron chi connectivity index (χ0n) is 12.9. The summed E-state index contributed by atoms with van der Waals surface area (Å²) in [7, 11) is 1.82. The number of pyridine rings is 2. The van der Waals surface area contributed by atoms with Crippen molar-refractivity contribution in [3.8, 4) is 0 Å². The summed E-state index contributed by atoms with van der Waals surface area (Å²) in [5, 5.41) is 3.52. The number of amides is 1. The molecule has 0 unspecified atom stereocenters. The Morgan fingerprint density at radius 1 is 1.29 bits per heavy atom. The first-order valence-electron chi connectivity index (χ1n) is 7.28. The number of nitrogens with one attached hydrogen (secondary N) is 2. The molecular weight excluding hydrogens is 332 g/mol. The minimum absolute atomic E-state index is 0.0481. The summed E-state index contributed by atoms with van der Waals surface area (Å²) >= 11 is 5.70. The second-order valence-corrected chi connectivity index (χ2v) is 5.77. The summed E-state index contributed by atoms with van der Waals surface area (Å²) in [4.78, 5) is 38.0. The van der Waals surface area contributed by atoms with Crippen molar-refractivity contribution in [1.29, 1.82) is 0 Å². The van der Waals surface area contributed by atoms with Gasteiger partial charge < -0.3 is 19.4 Å². The Hall–Kier alpha value is -2.80. The molecule has 7 nitrogen and oxygen atoms in total. The average molecular weight is 347 g/mol. The molecule has 0 aliphatic carbocycles. The molecule has 0 saturated heterocycles. The van der Waals surface area contributed by atoms with Crippen LogP contribution in [0.25, 0.3) is 10.9 Å². The number of nitrogens with zero attached hydrogens (tertiary/aromatic N) is 2. The van der Waals surface area contributed by atoms with E-state index in [1.165, 1.54) is 12.3 Å². The van der Waals surface area contributed by atoms with Crippen LogP contribution in [0.1, 0.15) is 10.4 Å². The molecule has 3 aromatic rings. The fourth-order valence-corrected chi connectivity index (χ4v) is 2.66. The molecule has 1 amide bonds. The van der Waals surface area contributed by atoms with E-state index in [9.17, 15) is 14.4 Å². The average Bonchev–Trinajstić information content (AvgIpc) is 2.94. The van der Waals surface area contributed by atoms with Gasteiger partial charge in [0.2, 0.25) is 0 Å². The predicted molar refractivity (Wildman–Crippen MR) is 91.6 cm³/mol. The number of halogens is 1. The van der Waals surface area contributed by atoms with Gasteiger partial charge in [-0.05, 0) is 18.2 Å². The third-order valence-electron chi connectivity index (χ3n) is 3.76. The van der Waals surface area contributed by atoms with Crippen molar-refractivity contribution in [2.24, 2.45) is 7.05 Å². The maximum absolute atomic E-state index is 12.4. The number of carbonyl (C=O) groups excluding carboxylic acids is 1. The van der Waals surface area contributed by atoms with Crippen molar-refractivity contribution in [3.63, 3.8) is 0 Å². The lowest BCUT2D eigenvalue weighted by Crippen LogP contribution is -2.31. The molecule has 0 atom stereocenters. The number of hydrogen-bond acceptors (Lipinski definition) is 3. The summed E-state index contributed by atoms with van der Waals surface area (Å²) in [6.07, 6.45) is 4.83. The molecule has 3 aromatic heterocycles. The van der Waals surface area contributed by atoms with Crippen molar-refractivity contribution >= 4 is 28.4 Å². The first kappa shape index (κ1) is 16.1. The topological polar surface area (TPSA) is 88.9 Å². The third kappa shape index (κ3) is 2.98. The fourth-order valence-electron chi connectivity index (χ4n) is 2.49. The number of fused-ring (bicyclic) bond motifs is 1. The summed E-state index contributed by atoms with van der Waals surface area (Å²) in [5.41, 5.74) is 0.318. The Morgan fingerprint density at radius 3 is 2.79 bits per heavy atom. The highest BCUT2D eigenvalue weighted by atomic mass is 35.5. The Kier molecular flexibility index (Phi) is 4.26. The van der Waals surface area contributed by atoms with E-state index in [4.69, 9.17) is 11.6 Å². The van der Waals surface area contributed by atoms with Gasteiger partial charge in [-0.15, -0.1) is 0 Å². The summed E-state index contributed by atoms with van der Waals surface area (Å²) < 4.78 is 3.32. The molecule has 0 spiro atoms. The van der Waals surface area contributed by atoms with Crippen LogP contribution in [0.2, 0.25) is 5.02 Å². The molecule has 0 aliphatic rings. The van der Waals surface area contributed by atoms with Gasteiger partial charge in [0, 0.05) is 44.1 Å². The third-order valence-corrected chi connectivity index (χ3v) is 4.04. The maximum Gasteiger partial charge on any atom is 0.275 e. The minimum atomic E-state index is -0.448. The highest BCUT2D eigenvalue weighted by Crippen LogP contribution is 2.09. The predicted octanol–water partition coefficient (Wildman–Crippen LogP) is 1.11. The molecule has 3 rings (SSSR count). The Bertz CT molecular complexity index is 1030. The lowest BCUT2D eigenvalue weighted by molar-refractivity contribution is 0.0952. The largest absolute Gasteiger partial charge is 0.350 e. The van der Waals surface area contributed by atoms with E-state index in [1.54, 1.807) is 15.3 Å². The summed E-state index contributed by atoms with van der Waals surface area (Å²) in [5.74, 6) is -0.374. The molecule has 3 heterocycles. The normalized spacial score (nSPS) is 10.9. The fraction of sp³-hybridized carbons (Fsp3) is 0.188. The van der Waals surface area contributed by atoms with Crippen LogP contribution in [0.4, 0.5) is 0 Å². The van der Waals surface area contributed by atoms with E-state index in [1.807, 2.05) is 25.4 Å². The van der Waals surface area contributed by atoms with E-state index >= 15 is 0 Å². The standard InChI is InChI=1S/C16H15ClN4O3/c1-20-5-2-10-3-6-21(16(24)13(10)20)7-4-18-14(22)11-8-12(17)15(23)19-9-11/h2-3,5-6,8-9H,4,7H2,1H3,(H,18,22)(H,19,23). The molecule has 0 saturated carbocycles. The highest BCUT2D eigenvalue weighted by molar-refractivity contribution is 6.30. The Morgan fingerprint density at radius 2 is 2.04 bits per heavy atom. The van der Waals surface area contributed by atoms with E-state index in [0.29, 0.717) is 12.1 Å². The molecule has 0 aliphatic heterocycles. The molecular formula is C16H15ClN4O3. The van der Waals surface area contributed by atoms with E-state index in [2.05, 4.69) is 10.3 Å². The first-order valence-corrected chi connectivity index (χ1v) is 7.66. The van der Waals surface area contributed by atoms with Crippen LogP contribution < -0.4 is 16.4 Å². The van der Waals surface area contributed by atoms with E-state index < -0.39 is 5.56 Å². The summed E-state index contributed by atoms with van der Waals surface area (Å²) in [6.45, 7) is 0.605. The van der Waals surface area contributed by atoms with Crippen molar-refractivity contribution in [3.05, 3.63) is 68.1 Å². The number of H-pyrrole nitrogens is 1. The van der Waals surface area contributed by atoms with Gasteiger partial charge in [0.25, 0.3) is 17.0 Å². The number of rotatable bonds is 4. The maximum atomic E-state index is 12.4. The first-order chi connectivity index (χ1) is 11.5. The van der Waals surface area contributed by atoms with Gasteiger partial charge in [-0.2, -0.15) is 0 Å². The number of aromatic nitrogens is 3. The minimum Gasteiger partial charge on any atom is -0.350 e. The second kappa shape index (κ2) is 6.37. The number of hydrogen-bond donors (Lipinski definition) is 2.